The molecule has 0 atom stereocenters. The van der Waals surface area contributed by atoms with Gasteiger partial charge in [0.25, 0.3) is 0 Å². The fourth-order valence-electron chi connectivity index (χ4n) is 10.9. The minimum Gasteiger partial charge on any atom is -0.0654 e. The Bertz CT molecular complexity index is 1090. The summed E-state index contributed by atoms with van der Waals surface area (Å²) in [5, 5.41) is 0. The van der Waals surface area contributed by atoms with Crippen LogP contribution in [0.25, 0.3) is 0 Å². The summed E-state index contributed by atoms with van der Waals surface area (Å²) in [4.78, 5) is 0. The smallest absolute Gasteiger partial charge is 0.0162 e. The molecule has 268 valence electrons. The van der Waals surface area contributed by atoms with Gasteiger partial charge in [-0.3, -0.25) is 0 Å². The van der Waals surface area contributed by atoms with Gasteiger partial charge >= 0.3 is 0 Å². The highest BCUT2D eigenvalue weighted by Gasteiger charge is 2.32. The first-order chi connectivity index (χ1) is 23.6. The van der Waals surface area contributed by atoms with Gasteiger partial charge in [-0.1, -0.05) is 140 Å². The van der Waals surface area contributed by atoms with E-state index >= 15 is 0 Å². The molecule has 0 aliphatic heterocycles. The Hall–Kier alpha value is -1.56. The number of hydrogen-bond donors (Lipinski definition) is 0. The molecule has 0 unspecified atom stereocenters. The molecule has 4 saturated carbocycles. The Morgan fingerprint density at radius 3 is 1.06 bits per heavy atom. The summed E-state index contributed by atoms with van der Waals surface area (Å²) in [7, 11) is 0. The first-order valence-corrected chi connectivity index (χ1v) is 21.8. The van der Waals surface area contributed by atoms with Crippen molar-refractivity contribution in [2.24, 2.45) is 35.5 Å². The van der Waals surface area contributed by atoms with Crippen molar-refractivity contribution in [3.8, 4) is 0 Å². The molecule has 0 heterocycles. The molecule has 4 aliphatic rings. The van der Waals surface area contributed by atoms with Crippen molar-refractivity contribution in [2.45, 2.75) is 194 Å². The van der Waals surface area contributed by atoms with Crippen LogP contribution in [0.2, 0.25) is 0 Å². The second-order valence-electron chi connectivity index (χ2n) is 17.3. The van der Waals surface area contributed by atoms with E-state index in [0.29, 0.717) is 0 Å². The van der Waals surface area contributed by atoms with Crippen LogP contribution in [0.3, 0.4) is 0 Å². The van der Waals surface area contributed by atoms with Crippen LogP contribution >= 0.6 is 0 Å². The highest BCUT2D eigenvalue weighted by Crippen LogP contribution is 2.46. The second kappa shape index (κ2) is 20.3. The molecular weight excluding hydrogens is 577 g/mol. The molecule has 2 aromatic carbocycles. The maximum absolute atomic E-state index is 2.41. The Balaban J connectivity index is 0.000000188. The predicted octanol–water partition coefficient (Wildman–Crippen LogP) is 15.0. The van der Waals surface area contributed by atoms with Crippen molar-refractivity contribution in [1.29, 1.82) is 0 Å². The average molecular weight is 653 g/mol. The number of benzene rings is 2. The Labute approximate surface area is 299 Å². The molecule has 4 aliphatic carbocycles. The SMILES string of the molecule is CCCC1CCC(C2CCC(c3ccc(CC)cc3)CC2)CC1.CCCCCC1CCC(C2CCC(c3ccc(CC)cc3)CC2)CC1. The molecule has 0 spiro atoms. The van der Waals surface area contributed by atoms with Gasteiger partial charge in [-0.25, -0.2) is 0 Å². The topological polar surface area (TPSA) is 0 Å². The molecule has 0 N–H and O–H groups in total. The van der Waals surface area contributed by atoms with Gasteiger partial charge in [0.2, 0.25) is 0 Å². The number of aryl methyl sites for hydroxylation is 2. The van der Waals surface area contributed by atoms with Crippen LogP contribution in [0, 0.1) is 35.5 Å². The number of rotatable bonds is 12. The summed E-state index contributed by atoms with van der Waals surface area (Å²) in [6.45, 7) is 9.17. The van der Waals surface area contributed by atoms with Crippen LogP contribution in [-0.4, -0.2) is 0 Å². The van der Waals surface area contributed by atoms with E-state index in [0.717, 1.165) is 60.2 Å². The fraction of sp³-hybridized carbons (Fsp3) is 0.750. The van der Waals surface area contributed by atoms with Crippen molar-refractivity contribution in [3.63, 3.8) is 0 Å². The van der Waals surface area contributed by atoms with E-state index in [1.165, 1.54) is 152 Å². The molecule has 0 amide bonds. The maximum Gasteiger partial charge on any atom is -0.0162 e. The molecule has 0 heteroatoms. The highest BCUT2D eigenvalue weighted by molar-refractivity contribution is 5.26. The van der Waals surface area contributed by atoms with Gasteiger partial charge in [0, 0.05) is 0 Å². The zero-order chi connectivity index (χ0) is 33.6. The fourth-order valence-corrected chi connectivity index (χ4v) is 10.9. The van der Waals surface area contributed by atoms with E-state index in [2.05, 4.69) is 76.2 Å². The lowest BCUT2D eigenvalue weighted by Gasteiger charge is -2.38. The Morgan fingerprint density at radius 1 is 0.375 bits per heavy atom. The van der Waals surface area contributed by atoms with Gasteiger partial charge in [-0.05, 0) is 159 Å². The van der Waals surface area contributed by atoms with Crippen LogP contribution < -0.4 is 0 Å². The van der Waals surface area contributed by atoms with Gasteiger partial charge in [-0.2, -0.15) is 0 Å². The first-order valence-electron chi connectivity index (χ1n) is 21.8. The van der Waals surface area contributed by atoms with Crippen LogP contribution in [0.5, 0.6) is 0 Å². The molecule has 4 fully saturated rings. The molecule has 48 heavy (non-hydrogen) atoms. The van der Waals surface area contributed by atoms with E-state index in [9.17, 15) is 0 Å². The average Bonchev–Trinajstić information content (AvgIpc) is 3.16. The summed E-state index contributed by atoms with van der Waals surface area (Å²) >= 11 is 0. The lowest BCUT2D eigenvalue weighted by Crippen LogP contribution is -2.25. The molecule has 0 nitrogen and oxygen atoms in total. The van der Waals surface area contributed by atoms with E-state index in [-0.39, 0.29) is 0 Å². The second-order valence-corrected chi connectivity index (χ2v) is 17.3. The van der Waals surface area contributed by atoms with E-state index < -0.39 is 0 Å². The van der Waals surface area contributed by atoms with Crippen molar-refractivity contribution < 1.29 is 0 Å². The highest BCUT2D eigenvalue weighted by atomic mass is 14.4. The van der Waals surface area contributed by atoms with Crippen LogP contribution in [-0.2, 0) is 12.8 Å². The van der Waals surface area contributed by atoms with Gasteiger partial charge in [0.1, 0.15) is 0 Å². The molecule has 0 bridgehead atoms. The van der Waals surface area contributed by atoms with Gasteiger partial charge in [-0.15, -0.1) is 0 Å². The van der Waals surface area contributed by atoms with E-state index in [1.54, 1.807) is 11.1 Å². The lowest BCUT2D eigenvalue weighted by molar-refractivity contribution is 0.155. The molecule has 0 saturated heterocycles. The molecule has 0 aromatic heterocycles. The van der Waals surface area contributed by atoms with Gasteiger partial charge in [0.05, 0.1) is 0 Å². The Kier molecular flexibility index (Phi) is 16.0. The van der Waals surface area contributed by atoms with E-state index in [1.807, 2.05) is 0 Å². The molecular formula is C48H76. The summed E-state index contributed by atoms with van der Waals surface area (Å²) < 4.78 is 0. The number of hydrogen-bond acceptors (Lipinski definition) is 0. The van der Waals surface area contributed by atoms with E-state index in [4.69, 9.17) is 0 Å². The minimum absolute atomic E-state index is 0.840. The summed E-state index contributed by atoms with van der Waals surface area (Å²) in [5.74, 6) is 8.02. The zero-order valence-corrected chi connectivity index (χ0v) is 32.2. The van der Waals surface area contributed by atoms with Crippen molar-refractivity contribution >= 4 is 0 Å². The van der Waals surface area contributed by atoms with Crippen molar-refractivity contribution in [2.75, 3.05) is 0 Å². The summed E-state index contributed by atoms with van der Waals surface area (Å²) in [6.07, 6.45) is 35.0. The monoisotopic (exact) mass is 653 g/mol. The third-order valence-corrected chi connectivity index (χ3v) is 14.3. The molecule has 2 aromatic rings. The minimum atomic E-state index is 0.840. The van der Waals surface area contributed by atoms with Crippen LogP contribution in [0.1, 0.15) is 203 Å². The van der Waals surface area contributed by atoms with Crippen molar-refractivity contribution in [1.82, 2.24) is 0 Å². The largest absolute Gasteiger partial charge is 0.0654 e. The summed E-state index contributed by atoms with van der Waals surface area (Å²) in [6, 6.07) is 19.0. The van der Waals surface area contributed by atoms with Gasteiger partial charge < -0.3 is 0 Å². The standard InChI is InChI=1S/C25H40.C23H36/c1-3-5-6-7-21-10-14-23(15-11-21)25-18-16-24(17-19-25)22-12-8-20(4-2)9-13-22;1-3-5-19-8-12-21(13-9-19)23-16-14-22(15-17-23)20-10-6-18(4-2)7-11-20/h8-9,12-13,21,23-25H,3-7,10-11,14-19H2,1-2H3;6-7,10-11,19,21-23H,3-5,8-9,12-17H2,1-2H3. The third kappa shape index (κ3) is 11.2. The van der Waals surface area contributed by atoms with Crippen LogP contribution in [0.15, 0.2) is 48.5 Å². The van der Waals surface area contributed by atoms with Gasteiger partial charge in [0.15, 0.2) is 0 Å². The lowest BCUT2D eigenvalue weighted by atomic mass is 9.68. The Morgan fingerprint density at radius 2 is 0.729 bits per heavy atom. The number of unbranched alkanes of at least 4 members (excludes halogenated alkanes) is 2. The third-order valence-electron chi connectivity index (χ3n) is 14.3. The predicted molar refractivity (Wildman–Crippen MR) is 211 cm³/mol. The zero-order valence-electron chi connectivity index (χ0n) is 32.2. The summed E-state index contributed by atoms with van der Waals surface area (Å²) in [5.41, 5.74) is 6.17. The molecule has 6 rings (SSSR count). The first kappa shape index (κ1) is 37.7. The molecule has 0 radical (unpaired) electrons. The van der Waals surface area contributed by atoms with Crippen LogP contribution in [0.4, 0.5) is 0 Å². The maximum atomic E-state index is 2.41. The normalized spacial score (nSPS) is 31.1. The van der Waals surface area contributed by atoms with Crippen molar-refractivity contribution in [3.05, 3.63) is 70.8 Å². The quantitative estimate of drug-likeness (QED) is 0.200.